The summed E-state index contributed by atoms with van der Waals surface area (Å²) in [4.78, 5) is 17.1. The molecule has 0 atom stereocenters. The predicted octanol–water partition coefficient (Wildman–Crippen LogP) is -0.676. The van der Waals surface area contributed by atoms with Crippen LogP contribution in [0.25, 0.3) is 0 Å². The van der Waals surface area contributed by atoms with Gasteiger partial charge in [0.15, 0.2) is 0 Å². The van der Waals surface area contributed by atoms with E-state index < -0.39 is 6.16 Å². The Bertz CT molecular complexity index is 56.7. The third kappa shape index (κ3) is 22.4. The molecule has 0 radical (unpaired) electrons. The zero-order valence-corrected chi connectivity index (χ0v) is 3.37. The van der Waals surface area contributed by atoms with Crippen molar-refractivity contribution in [3.63, 3.8) is 0 Å². The number of amides is 1. The Morgan fingerprint density at radius 1 is 1.57 bits per heavy atom. The van der Waals surface area contributed by atoms with Crippen LogP contribution in [0.3, 0.4) is 0 Å². The Kier molecular flexibility index (Phi) is 11.6. The van der Waals surface area contributed by atoms with Gasteiger partial charge in [-0.2, -0.15) is 0 Å². The molecule has 0 spiro atoms. The number of carbonyl (C=O) groups is 2. The topological polar surface area (TPSA) is 101 Å². The number of primary amides is 1. The summed E-state index contributed by atoms with van der Waals surface area (Å²) < 4.78 is 0. The van der Waals surface area contributed by atoms with Crippen molar-refractivity contribution in [3.8, 4) is 0 Å². The first-order valence-corrected chi connectivity index (χ1v) is 1.22. The molecule has 0 aromatic rings. The van der Waals surface area contributed by atoms with Gasteiger partial charge in [-0.15, -0.1) is 0 Å². The van der Waals surface area contributed by atoms with Crippen LogP contribution in [0.1, 0.15) is 0 Å². The quantitative estimate of drug-likeness (QED) is 0.357. The third-order valence-electron chi connectivity index (χ3n) is 0. The summed E-state index contributed by atoms with van der Waals surface area (Å²) in [6.07, 6.45) is -1.58. The van der Waals surface area contributed by atoms with Crippen LogP contribution < -0.4 is 5.73 Å². The standard InChI is InChI=1S/CH3NO.CH2O3/c2-1-3;2-1(3)4/h1H,(H2,2,3);(H2,2,3,4). The van der Waals surface area contributed by atoms with E-state index in [1.165, 1.54) is 0 Å². The lowest BCUT2D eigenvalue weighted by Crippen LogP contribution is -1.82. The summed E-state index contributed by atoms with van der Waals surface area (Å²) in [5.74, 6) is 0. The number of rotatable bonds is 0. The van der Waals surface area contributed by atoms with Crippen molar-refractivity contribution in [2.45, 2.75) is 0 Å². The lowest BCUT2D eigenvalue weighted by atomic mass is 11.5. The van der Waals surface area contributed by atoms with E-state index >= 15 is 0 Å². The predicted molar refractivity (Wildman–Crippen MR) is 20.9 cm³/mol. The minimum Gasteiger partial charge on any atom is -0.450 e. The van der Waals surface area contributed by atoms with Crippen LogP contribution in [0.2, 0.25) is 0 Å². The van der Waals surface area contributed by atoms with Crippen LogP contribution in [-0.2, 0) is 4.79 Å². The molecule has 4 N–H and O–H groups in total. The summed E-state index contributed by atoms with van der Waals surface area (Å²) >= 11 is 0. The number of carboxylic acid groups (broad SMARTS) is 2. The van der Waals surface area contributed by atoms with Gasteiger partial charge >= 0.3 is 6.16 Å². The van der Waals surface area contributed by atoms with Gasteiger partial charge in [0.2, 0.25) is 6.41 Å². The molecular weight excluding hydrogens is 102 g/mol. The maximum Gasteiger partial charge on any atom is 0.503 e. The van der Waals surface area contributed by atoms with E-state index in [1.807, 2.05) is 0 Å². The molecule has 0 rings (SSSR count). The second-order valence-electron chi connectivity index (χ2n) is 0.419. The second-order valence-corrected chi connectivity index (χ2v) is 0.419. The van der Waals surface area contributed by atoms with Crippen molar-refractivity contribution < 1.29 is 19.8 Å². The molecule has 0 saturated heterocycles. The normalized spacial score (nSPS) is 5.14. The Balaban J connectivity index is 0. The van der Waals surface area contributed by atoms with Crippen molar-refractivity contribution in [1.82, 2.24) is 0 Å². The number of hydrogen-bond donors (Lipinski definition) is 3. The Morgan fingerprint density at radius 3 is 1.57 bits per heavy atom. The molecule has 5 nitrogen and oxygen atoms in total. The van der Waals surface area contributed by atoms with Gasteiger partial charge in [-0.05, 0) is 0 Å². The van der Waals surface area contributed by atoms with E-state index in [1.54, 1.807) is 0 Å². The van der Waals surface area contributed by atoms with Crippen LogP contribution in [-0.4, -0.2) is 22.8 Å². The molecule has 0 bridgehead atoms. The van der Waals surface area contributed by atoms with Crippen molar-refractivity contribution in [3.05, 3.63) is 0 Å². The van der Waals surface area contributed by atoms with Gasteiger partial charge in [0.25, 0.3) is 0 Å². The molecule has 5 heteroatoms. The minimum atomic E-state index is -1.83. The number of nitrogens with two attached hydrogens (primary N) is 1. The zero-order valence-electron chi connectivity index (χ0n) is 3.37. The Labute approximate surface area is 39.4 Å². The van der Waals surface area contributed by atoms with Crippen LogP contribution in [0, 0.1) is 0 Å². The molecule has 0 aliphatic heterocycles. The molecule has 0 aliphatic carbocycles. The molecular formula is C2H5NO4. The maximum atomic E-state index is 8.58. The van der Waals surface area contributed by atoms with E-state index in [-0.39, 0.29) is 6.41 Å². The van der Waals surface area contributed by atoms with Gasteiger partial charge in [-0.1, -0.05) is 0 Å². The molecule has 0 aromatic heterocycles. The highest BCUT2D eigenvalue weighted by molar-refractivity contribution is 5.53. The fourth-order valence-corrected chi connectivity index (χ4v) is 0. The van der Waals surface area contributed by atoms with Crippen LogP contribution in [0.15, 0.2) is 0 Å². The van der Waals surface area contributed by atoms with E-state index in [0.717, 1.165) is 0 Å². The molecule has 42 valence electrons. The Hall–Kier alpha value is -1.26. The summed E-state index contributed by atoms with van der Waals surface area (Å²) in [5, 5.41) is 13.9. The highest BCUT2D eigenvalue weighted by Crippen LogP contribution is 1.42. The van der Waals surface area contributed by atoms with Crippen LogP contribution in [0.4, 0.5) is 4.79 Å². The second kappa shape index (κ2) is 8.83. The maximum absolute atomic E-state index is 8.58. The van der Waals surface area contributed by atoms with Crippen molar-refractivity contribution >= 4 is 12.6 Å². The highest BCUT2D eigenvalue weighted by atomic mass is 16.6. The first-order chi connectivity index (χ1) is 3.15. The smallest absolute Gasteiger partial charge is 0.450 e. The molecule has 0 aliphatic rings. The molecule has 0 fully saturated rings. The SMILES string of the molecule is NC=O.O=C(O)O. The zero-order chi connectivity index (χ0) is 6.28. The third-order valence-corrected chi connectivity index (χ3v) is 0. The van der Waals surface area contributed by atoms with Gasteiger partial charge in [-0.25, -0.2) is 4.79 Å². The summed E-state index contributed by atoms with van der Waals surface area (Å²) in [6.45, 7) is 0. The van der Waals surface area contributed by atoms with Gasteiger partial charge in [0.1, 0.15) is 0 Å². The molecule has 0 unspecified atom stereocenters. The largest absolute Gasteiger partial charge is 0.503 e. The average Bonchev–Trinajstić information content (AvgIpc) is 1.33. The summed E-state index contributed by atoms with van der Waals surface area (Å²) in [7, 11) is 0. The highest BCUT2D eigenvalue weighted by Gasteiger charge is 1.70. The van der Waals surface area contributed by atoms with Crippen LogP contribution >= 0.6 is 0 Å². The first kappa shape index (κ1) is 9.22. The number of hydrogen-bond acceptors (Lipinski definition) is 2. The molecule has 0 saturated carbocycles. The number of carbonyl (C=O) groups excluding carboxylic acids is 1. The van der Waals surface area contributed by atoms with Gasteiger partial charge in [-0.3, -0.25) is 4.79 Å². The lowest BCUT2D eigenvalue weighted by Gasteiger charge is -1.60. The Morgan fingerprint density at radius 2 is 1.57 bits per heavy atom. The van der Waals surface area contributed by atoms with Crippen molar-refractivity contribution in [2.75, 3.05) is 0 Å². The average molecular weight is 107 g/mol. The van der Waals surface area contributed by atoms with Gasteiger partial charge < -0.3 is 15.9 Å². The van der Waals surface area contributed by atoms with Crippen LogP contribution in [0.5, 0.6) is 0 Å². The lowest BCUT2D eigenvalue weighted by molar-refractivity contribution is -0.106. The minimum absolute atomic E-state index is 0.250. The van der Waals surface area contributed by atoms with Gasteiger partial charge in [0.05, 0.1) is 0 Å². The summed E-state index contributed by atoms with van der Waals surface area (Å²) in [6, 6.07) is 0. The van der Waals surface area contributed by atoms with Crippen molar-refractivity contribution in [2.24, 2.45) is 5.73 Å². The summed E-state index contributed by atoms with van der Waals surface area (Å²) in [5.41, 5.74) is 4.17. The van der Waals surface area contributed by atoms with Gasteiger partial charge in [0, 0.05) is 0 Å². The fraction of sp³-hybridized carbons (Fsp3) is 0. The molecule has 0 aromatic carbocycles. The van der Waals surface area contributed by atoms with E-state index in [0.29, 0.717) is 0 Å². The fourth-order valence-electron chi connectivity index (χ4n) is 0. The van der Waals surface area contributed by atoms with E-state index in [9.17, 15) is 0 Å². The van der Waals surface area contributed by atoms with Crippen molar-refractivity contribution in [1.29, 1.82) is 0 Å². The first-order valence-electron chi connectivity index (χ1n) is 1.22. The molecule has 7 heavy (non-hydrogen) atoms. The molecule has 1 amide bonds. The van der Waals surface area contributed by atoms with E-state index in [2.05, 4.69) is 5.73 Å². The van der Waals surface area contributed by atoms with E-state index in [4.69, 9.17) is 19.8 Å². The molecule has 0 heterocycles. The monoisotopic (exact) mass is 107 g/mol.